The topological polar surface area (TPSA) is 71.9 Å². The minimum Gasteiger partial charge on any atom is -0.338 e. The molecule has 3 aromatic heterocycles. The summed E-state index contributed by atoms with van der Waals surface area (Å²) in [6.07, 6.45) is 7.19. The Bertz CT molecular complexity index is 943. The van der Waals surface area contributed by atoms with Crippen LogP contribution in [0, 0.1) is 0 Å². The summed E-state index contributed by atoms with van der Waals surface area (Å²) >= 11 is 0. The summed E-state index contributed by atoms with van der Waals surface area (Å²) < 4.78 is 15.2. The Balaban J connectivity index is 1.48. The van der Waals surface area contributed by atoms with Crippen molar-refractivity contribution < 1.29 is 9.18 Å². The number of rotatable bonds is 4. The molecule has 7 heteroatoms. The van der Waals surface area contributed by atoms with Crippen molar-refractivity contribution in [1.29, 1.82) is 0 Å². The standard InChI is InChI=1S/C21H20FN5O/c22-21(14-16-4-1-2-9-24-16)7-12-27(13-8-21)20(28)17-5-3-10-25-19(17)18-6-11-23-15-26-18/h1-6,9-11,15H,7-8,12-14H2. The van der Waals surface area contributed by atoms with Crippen LogP contribution in [0.15, 0.2) is 61.3 Å². The van der Waals surface area contributed by atoms with Crippen LogP contribution in [-0.2, 0) is 6.42 Å². The summed E-state index contributed by atoms with van der Waals surface area (Å²) in [7, 11) is 0. The van der Waals surface area contributed by atoms with E-state index in [1.807, 2.05) is 18.2 Å². The molecule has 0 aromatic carbocycles. The number of nitrogens with zero attached hydrogens (tertiary/aromatic N) is 5. The van der Waals surface area contributed by atoms with Gasteiger partial charge in [0, 0.05) is 43.8 Å². The van der Waals surface area contributed by atoms with Crippen LogP contribution in [0.4, 0.5) is 4.39 Å². The van der Waals surface area contributed by atoms with Gasteiger partial charge in [-0.3, -0.25) is 14.8 Å². The Morgan fingerprint density at radius 2 is 1.82 bits per heavy atom. The minimum atomic E-state index is -1.34. The Kier molecular flexibility index (Phi) is 5.06. The molecule has 1 aliphatic heterocycles. The second kappa shape index (κ2) is 7.80. The number of piperidine rings is 1. The van der Waals surface area contributed by atoms with E-state index in [0.717, 1.165) is 5.69 Å². The highest BCUT2D eigenvalue weighted by Crippen LogP contribution is 2.31. The van der Waals surface area contributed by atoms with Crippen molar-refractivity contribution in [3.8, 4) is 11.4 Å². The second-order valence-corrected chi connectivity index (χ2v) is 6.94. The molecule has 1 saturated heterocycles. The molecule has 4 heterocycles. The fraction of sp³-hybridized carbons (Fsp3) is 0.286. The van der Waals surface area contributed by atoms with E-state index in [4.69, 9.17) is 0 Å². The molecule has 0 N–H and O–H groups in total. The molecule has 0 radical (unpaired) electrons. The molecule has 0 aliphatic carbocycles. The van der Waals surface area contributed by atoms with Gasteiger partial charge in [-0.05, 0) is 43.2 Å². The molecule has 0 saturated carbocycles. The van der Waals surface area contributed by atoms with Gasteiger partial charge in [0.05, 0.1) is 11.3 Å². The predicted octanol–water partition coefficient (Wildman–Crippen LogP) is 3.12. The molecule has 1 fully saturated rings. The maximum absolute atomic E-state index is 15.2. The molecule has 6 nitrogen and oxygen atoms in total. The predicted molar refractivity (Wildman–Crippen MR) is 102 cm³/mol. The van der Waals surface area contributed by atoms with Gasteiger partial charge in [-0.25, -0.2) is 14.4 Å². The zero-order valence-corrected chi connectivity index (χ0v) is 15.3. The van der Waals surface area contributed by atoms with E-state index in [1.165, 1.54) is 6.33 Å². The molecule has 142 valence electrons. The minimum absolute atomic E-state index is 0.151. The number of halogens is 1. The highest BCUT2D eigenvalue weighted by atomic mass is 19.1. The third-order valence-corrected chi connectivity index (χ3v) is 5.03. The number of aromatic nitrogens is 4. The monoisotopic (exact) mass is 377 g/mol. The maximum Gasteiger partial charge on any atom is 0.256 e. The fourth-order valence-electron chi connectivity index (χ4n) is 3.50. The van der Waals surface area contributed by atoms with E-state index in [2.05, 4.69) is 19.9 Å². The van der Waals surface area contributed by atoms with Crippen molar-refractivity contribution in [3.63, 3.8) is 0 Å². The van der Waals surface area contributed by atoms with Crippen molar-refractivity contribution in [2.75, 3.05) is 13.1 Å². The lowest BCUT2D eigenvalue weighted by Crippen LogP contribution is -2.45. The quantitative estimate of drug-likeness (QED) is 0.699. The number of pyridine rings is 2. The van der Waals surface area contributed by atoms with Gasteiger partial charge in [-0.1, -0.05) is 6.07 Å². The largest absolute Gasteiger partial charge is 0.338 e. The molecule has 1 aliphatic rings. The van der Waals surface area contributed by atoms with E-state index >= 15 is 4.39 Å². The number of carbonyl (C=O) groups excluding carboxylic acids is 1. The average Bonchev–Trinajstić information content (AvgIpc) is 2.75. The summed E-state index contributed by atoms with van der Waals surface area (Å²) in [6, 6.07) is 10.7. The molecule has 0 atom stereocenters. The normalized spacial score (nSPS) is 16.0. The molecule has 4 rings (SSSR count). The number of carbonyl (C=O) groups is 1. The first kappa shape index (κ1) is 18.2. The van der Waals surface area contributed by atoms with Crippen molar-refractivity contribution in [2.24, 2.45) is 0 Å². The molecule has 1 amide bonds. The smallest absolute Gasteiger partial charge is 0.256 e. The first-order valence-electron chi connectivity index (χ1n) is 9.24. The van der Waals surface area contributed by atoms with Gasteiger partial charge in [0.25, 0.3) is 5.91 Å². The van der Waals surface area contributed by atoms with Crippen LogP contribution in [0.2, 0.25) is 0 Å². The Hall–Kier alpha value is -3.22. The van der Waals surface area contributed by atoms with Crippen molar-refractivity contribution in [3.05, 3.63) is 72.6 Å². The summed E-state index contributed by atoms with van der Waals surface area (Å²) in [5, 5.41) is 0. The van der Waals surface area contributed by atoms with Crippen LogP contribution in [0.25, 0.3) is 11.4 Å². The van der Waals surface area contributed by atoms with Crippen LogP contribution in [0.3, 0.4) is 0 Å². The molecular weight excluding hydrogens is 357 g/mol. The van der Waals surface area contributed by atoms with Crippen molar-refractivity contribution in [2.45, 2.75) is 24.9 Å². The summed E-state index contributed by atoms with van der Waals surface area (Å²) in [4.78, 5) is 31.4. The first-order chi connectivity index (χ1) is 13.6. The SMILES string of the molecule is O=C(c1cccnc1-c1ccncn1)N1CCC(F)(Cc2ccccn2)CC1. The van der Waals surface area contributed by atoms with Crippen molar-refractivity contribution >= 4 is 5.91 Å². The molecule has 0 spiro atoms. The van der Waals surface area contributed by atoms with Gasteiger partial charge in [-0.2, -0.15) is 0 Å². The third kappa shape index (κ3) is 3.88. The molecular formula is C21H20FN5O. The Morgan fingerprint density at radius 3 is 2.54 bits per heavy atom. The zero-order valence-electron chi connectivity index (χ0n) is 15.3. The lowest BCUT2D eigenvalue weighted by Gasteiger charge is -2.36. The van der Waals surface area contributed by atoms with Crippen LogP contribution >= 0.6 is 0 Å². The Morgan fingerprint density at radius 1 is 1.00 bits per heavy atom. The maximum atomic E-state index is 15.2. The molecule has 0 bridgehead atoms. The highest BCUT2D eigenvalue weighted by Gasteiger charge is 2.37. The van der Waals surface area contributed by atoms with Gasteiger partial charge in [-0.15, -0.1) is 0 Å². The fourth-order valence-corrected chi connectivity index (χ4v) is 3.50. The number of alkyl halides is 1. The van der Waals surface area contributed by atoms with E-state index in [1.54, 1.807) is 41.7 Å². The van der Waals surface area contributed by atoms with Gasteiger partial charge in [0.1, 0.15) is 17.7 Å². The number of hydrogen-bond donors (Lipinski definition) is 0. The van der Waals surface area contributed by atoms with Gasteiger partial charge in [0.15, 0.2) is 0 Å². The van der Waals surface area contributed by atoms with Crippen LogP contribution in [0.1, 0.15) is 28.9 Å². The van der Waals surface area contributed by atoms with E-state index in [0.29, 0.717) is 42.9 Å². The molecule has 28 heavy (non-hydrogen) atoms. The molecule has 0 unspecified atom stereocenters. The van der Waals surface area contributed by atoms with E-state index < -0.39 is 5.67 Å². The summed E-state index contributed by atoms with van der Waals surface area (Å²) in [6.45, 7) is 0.723. The lowest BCUT2D eigenvalue weighted by molar-refractivity contribution is 0.0434. The zero-order chi connectivity index (χ0) is 19.4. The van der Waals surface area contributed by atoms with Crippen molar-refractivity contribution in [1.82, 2.24) is 24.8 Å². The van der Waals surface area contributed by atoms with Crippen LogP contribution < -0.4 is 0 Å². The average molecular weight is 377 g/mol. The summed E-state index contributed by atoms with van der Waals surface area (Å²) in [5.74, 6) is -0.151. The Labute approximate surface area is 162 Å². The van der Waals surface area contributed by atoms with E-state index in [-0.39, 0.29) is 12.3 Å². The number of hydrogen-bond acceptors (Lipinski definition) is 5. The van der Waals surface area contributed by atoms with E-state index in [9.17, 15) is 4.79 Å². The second-order valence-electron chi connectivity index (χ2n) is 6.94. The van der Waals surface area contributed by atoms with Gasteiger partial charge in [0.2, 0.25) is 0 Å². The number of likely N-dealkylation sites (tertiary alicyclic amines) is 1. The first-order valence-corrected chi connectivity index (χ1v) is 9.24. The van der Waals surface area contributed by atoms with Gasteiger partial charge < -0.3 is 4.90 Å². The van der Waals surface area contributed by atoms with Crippen LogP contribution in [0.5, 0.6) is 0 Å². The van der Waals surface area contributed by atoms with Crippen LogP contribution in [-0.4, -0.2) is 49.5 Å². The highest BCUT2D eigenvalue weighted by molar-refractivity contribution is 5.99. The molecule has 3 aromatic rings. The summed E-state index contributed by atoms with van der Waals surface area (Å²) in [5.41, 5.74) is 0.974. The van der Waals surface area contributed by atoms with Gasteiger partial charge >= 0.3 is 0 Å². The number of amides is 1. The lowest BCUT2D eigenvalue weighted by atomic mass is 9.88. The third-order valence-electron chi connectivity index (χ3n) is 5.03.